The van der Waals surface area contributed by atoms with Crippen molar-refractivity contribution in [3.8, 4) is 0 Å². The molecule has 0 aliphatic heterocycles. The molecule has 0 fully saturated rings. The van der Waals surface area contributed by atoms with E-state index in [0.717, 1.165) is 0 Å². The number of hydrogen-bond donors (Lipinski definition) is 0. The zero-order valence-electron chi connectivity index (χ0n) is 25.1. The lowest BCUT2D eigenvalue weighted by molar-refractivity contribution is -0.154. The molecular formula is C36H36O8. The molecule has 2 rings (SSSR count). The van der Waals surface area contributed by atoms with E-state index < -0.39 is 23.3 Å². The van der Waals surface area contributed by atoms with E-state index in [2.05, 4.69) is 13.2 Å². The Labute approximate surface area is 257 Å². The first-order valence-corrected chi connectivity index (χ1v) is 13.9. The number of rotatable bonds is 16. The molecule has 0 heterocycles. The highest BCUT2D eigenvalue weighted by Crippen LogP contribution is 2.28. The van der Waals surface area contributed by atoms with Crippen LogP contribution in [0.3, 0.4) is 0 Å². The number of ether oxygens (including phenoxy) is 3. The topological polar surface area (TPSA) is 113 Å². The van der Waals surface area contributed by atoms with Gasteiger partial charge in [0.2, 0.25) is 0 Å². The zero-order chi connectivity index (χ0) is 32.5. The van der Waals surface area contributed by atoms with Crippen molar-refractivity contribution in [3.63, 3.8) is 0 Å². The van der Waals surface area contributed by atoms with Crippen LogP contribution in [0, 0.1) is 0 Å². The highest BCUT2D eigenvalue weighted by Gasteiger charge is 2.42. The van der Waals surface area contributed by atoms with Crippen LogP contribution in [0.1, 0.15) is 53.5 Å². The van der Waals surface area contributed by atoms with Gasteiger partial charge in [-0.25, -0.2) is 9.59 Å². The van der Waals surface area contributed by atoms with Gasteiger partial charge < -0.3 is 19.0 Å². The van der Waals surface area contributed by atoms with Gasteiger partial charge in [-0.2, -0.15) is 0 Å². The Balaban J connectivity index is 2.17. The van der Waals surface area contributed by atoms with Crippen molar-refractivity contribution in [3.05, 3.63) is 144 Å². The van der Waals surface area contributed by atoms with Crippen molar-refractivity contribution < 1.29 is 38.2 Å². The van der Waals surface area contributed by atoms with Crippen LogP contribution in [0.25, 0.3) is 0 Å². The lowest BCUT2D eigenvalue weighted by Gasteiger charge is -2.26. The number of carbonyl (C=O) groups excluding carboxylic acids is 5. The fourth-order valence-electron chi connectivity index (χ4n) is 4.02. The van der Waals surface area contributed by atoms with Gasteiger partial charge in [0.25, 0.3) is 0 Å². The van der Waals surface area contributed by atoms with Gasteiger partial charge in [0.15, 0.2) is 11.2 Å². The summed E-state index contributed by atoms with van der Waals surface area (Å²) in [6.07, 6.45) is 10.8. The summed E-state index contributed by atoms with van der Waals surface area (Å²) in [4.78, 5) is 63.7. The first-order chi connectivity index (χ1) is 21.2. The molecule has 0 saturated carbocycles. The van der Waals surface area contributed by atoms with Crippen molar-refractivity contribution in [2.24, 2.45) is 0 Å². The normalized spacial score (nSPS) is 13.4. The number of hydrogen-bond acceptors (Lipinski definition) is 8. The Morgan fingerprint density at radius 2 is 1.57 bits per heavy atom. The van der Waals surface area contributed by atoms with Gasteiger partial charge in [-0.1, -0.05) is 86.0 Å². The zero-order valence-corrected chi connectivity index (χ0v) is 25.1. The van der Waals surface area contributed by atoms with Gasteiger partial charge in [0, 0.05) is 23.1 Å². The van der Waals surface area contributed by atoms with Gasteiger partial charge in [-0.05, 0) is 50.6 Å². The van der Waals surface area contributed by atoms with Crippen LogP contribution >= 0.6 is 0 Å². The summed E-state index contributed by atoms with van der Waals surface area (Å²) in [6, 6.07) is 14.7. The summed E-state index contributed by atoms with van der Waals surface area (Å²) in [5, 5.41) is 0. The van der Waals surface area contributed by atoms with E-state index in [1.807, 2.05) is 0 Å². The van der Waals surface area contributed by atoms with Crippen LogP contribution in [0.15, 0.2) is 127 Å². The van der Waals surface area contributed by atoms with Gasteiger partial charge >= 0.3 is 17.9 Å². The number of benzene rings is 2. The van der Waals surface area contributed by atoms with Crippen molar-refractivity contribution >= 4 is 30.0 Å². The first kappa shape index (κ1) is 34.8. The minimum atomic E-state index is -1.63. The van der Waals surface area contributed by atoms with E-state index in [9.17, 15) is 24.0 Å². The maximum absolute atomic E-state index is 13.1. The Morgan fingerprint density at radius 3 is 2.16 bits per heavy atom. The minimum Gasteiger partial charge on any atom is -0.465 e. The van der Waals surface area contributed by atoms with E-state index in [-0.39, 0.29) is 47.9 Å². The second-order valence-electron chi connectivity index (χ2n) is 9.29. The third-order valence-corrected chi connectivity index (χ3v) is 6.47. The van der Waals surface area contributed by atoms with E-state index in [4.69, 9.17) is 14.2 Å². The van der Waals surface area contributed by atoms with Gasteiger partial charge in [0.05, 0.1) is 18.8 Å². The van der Waals surface area contributed by atoms with Crippen molar-refractivity contribution in [2.75, 3.05) is 13.2 Å². The molecule has 1 unspecified atom stereocenters. The predicted molar refractivity (Wildman–Crippen MR) is 168 cm³/mol. The van der Waals surface area contributed by atoms with Crippen LogP contribution in [0.5, 0.6) is 0 Å². The van der Waals surface area contributed by atoms with Gasteiger partial charge in [-0.15, -0.1) is 0 Å². The maximum atomic E-state index is 13.1. The molecule has 0 aliphatic carbocycles. The first-order valence-electron chi connectivity index (χ1n) is 13.9. The maximum Gasteiger partial charge on any atom is 0.344 e. The molecule has 2 aromatic carbocycles. The fourth-order valence-corrected chi connectivity index (χ4v) is 4.02. The van der Waals surface area contributed by atoms with E-state index in [0.29, 0.717) is 17.4 Å². The molecule has 8 heteroatoms. The Hall–Kier alpha value is -5.37. The fraction of sp³-hybridized carbons (Fsp3) is 0.194. The SMILES string of the molecule is C=C/C=C\C(=C/C)C(=O)c1ccccc1C(=O)O/C(C=C)=C/C=C(\C)C(=O)OCCC(C=O)(C(=O)OCC)c1ccccc1. The quantitative estimate of drug-likeness (QED) is 0.0321. The standard InChI is InChI=1S/C36H36O8/c1-6-10-16-27(7-2)32(38)30-19-14-15-20-31(30)34(40)44-29(8-3)22-21-26(5)33(39)43-24-23-36(25-37,35(41)42-9-4)28-17-12-11-13-18-28/h6-8,10-22,25H,1,3,9,23-24H2,2,4-5H3/b16-10-,26-21+,27-7+,29-22+. The van der Waals surface area contributed by atoms with Gasteiger partial charge in [-0.3, -0.25) is 9.59 Å². The van der Waals surface area contributed by atoms with Crippen LogP contribution in [-0.2, 0) is 34.0 Å². The largest absolute Gasteiger partial charge is 0.465 e. The third kappa shape index (κ3) is 9.06. The molecule has 0 saturated heterocycles. The smallest absolute Gasteiger partial charge is 0.344 e. The number of carbonyl (C=O) groups is 5. The third-order valence-electron chi connectivity index (χ3n) is 6.47. The second kappa shape index (κ2) is 17.6. The average molecular weight is 597 g/mol. The highest BCUT2D eigenvalue weighted by molar-refractivity contribution is 6.15. The molecule has 8 nitrogen and oxygen atoms in total. The molecule has 2 aromatic rings. The minimum absolute atomic E-state index is 0.0218. The number of esters is 3. The van der Waals surface area contributed by atoms with Crippen LogP contribution < -0.4 is 0 Å². The van der Waals surface area contributed by atoms with E-state index in [1.165, 1.54) is 43.4 Å². The van der Waals surface area contributed by atoms with Crippen molar-refractivity contribution in [1.29, 1.82) is 0 Å². The average Bonchev–Trinajstić information content (AvgIpc) is 3.05. The molecule has 0 radical (unpaired) electrons. The number of Topliss-reactive ketones (excluding diaryl/α,β-unsaturated/α-hetero) is 1. The van der Waals surface area contributed by atoms with Crippen molar-refractivity contribution in [1.82, 2.24) is 0 Å². The lowest BCUT2D eigenvalue weighted by Crippen LogP contribution is -2.40. The number of aldehydes is 1. The molecule has 0 amide bonds. The summed E-state index contributed by atoms with van der Waals surface area (Å²) in [5.74, 6) is -2.58. The molecule has 44 heavy (non-hydrogen) atoms. The van der Waals surface area contributed by atoms with Crippen molar-refractivity contribution in [2.45, 2.75) is 32.6 Å². The number of allylic oxidation sites excluding steroid dienone is 8. The Morgan fingerprint density at radius 1 is 0.909 bits per heavy atom. The van der Waals surface area contributed by atoms with Crippen LogP contribution in [0.4, 0.5) is 0 Å². The Kier molecular flexibility index (Phi) is 13.9. The summed E-state index contributed by atoms with van der Waals surface area (Å²) < 4.78 is 15.9. The molecule has 228 valence electrons. The van der Waals surface area contributed by atoms with Gasteiger partial charge in [0.1, 0.15) is 12.0 Å². The Bertz CT molecular complexity index is 1510. The predicted octanol–water partition coefficient (Wildman–Crippen LogP) is 6.36. The molecule has 0 N–H and O–H groups in total. The summed E-state index contributed by atoms with van der Waals surface area (Å²) in [7, 11) is 0. The molecule has 0 spiro atoms. The van der Waals surface area contributed by atoms with Crippen LogP contribution in [-0.4, -0.2) is 43.2 Å². The van der Waals surface area contributed by atoms with Crippen LogP contribution in [0.2, 0.25) is 0 Å². The number of ketones is 1. The van der Waals surface area contributed by atoms with E-state index in [1.54, 1.807) is 74.5 Å². The highest BCUT2D eigenvalue weighted by atomic mass is 16.5. The summed E-state index contributed by atoms with van der Waals surface area (Å²) in [6.45, 7) is 11.9. The second-order valence-corrected chi connectivity index (χ2v) is 9.29. The molecule has 0 bridgehead atoms. The monoisotopic (exact) mass is 596 g/mol. The van der Waals surface area contributed by atoms with E-state index >= 15 is 0 Å². The molecular weight excluding hydrogens is 560 g/mol. The summed E-state index contributed by atoms with van der Waals surface area (Å²) >= 11 is 0. The molecule has 0 aliphatic rings. The lowest BCUT2D eigenvalue weighted by atomic mass is 9.79. The molecule has 0 aromatic heterocycles. The molecule has 1 atom stereocenters. The summed E-state index contributed by atoms with van der Waals surface area (Å²) in [5.41, 5.74) is -0.478.